The maximum atomic E-state index is 13.5. The highest BCUT2D eigenvalue weighted by atomic mass is 31.2. The Balaban J connectivity index is 5.18. The molecule has 0 aromatic heterocycles. The van der Waals surface area contributed by atoms with Gasteiger partial charge >= 0.3 is 5.97 Å². The zero-order chi connectivity index (χ0) is 52.9. The van der Waals surface area contributed by atoms with E-state index < -0.39 is 26.6 Å². The van der Waals surface area contributed by atoms with Crippen LogP contribution in [-0.2, 0) is 27.9 Å². The van der Waals surface area contributed by atoms with Crippen molar-refractivity contribution >= 4 is 19.7 Å². The van der Waals surface area contributed by atoms with Crippen molar-refractivity contribution in [3.63, 3.8) is 0 Å². The van der Waals surface area contributed by atoms with Crippen molar-refractivity contribution < 1.29 is 37.3 Å². The lowest BCUT2D eigenvalue weighted by Gasteiger charge is -2.30. The Bertz CT molecular complexity index is 1330. The molecule has 0 rings (SSSR count). The van der Waals surface area contributed by atoms with Crippen LogP contribution in [0.1, 0.15) is 297 Å². The molecule has 72 heavy (non-hydrogen) atoms. The van der Waals surface area contributed by atoms with Crippen LogP contribution in [0.4, 0.5) is 0 Å². The molecule has 0 saturated carbocycles. The maximum Gasteiger partial charge on any atom is 0.306 e. The van der Waals surface area contributed by atoms with Gasteiger partial charge in [0.1, 0.15) is 19.3 Å². The maximum absolute atomic E-state index is 13.5. The average Bonchev–Trinajstić information content (AvgIpc) is 3.34. The molecule has 0 heterocycles. The van der Waals surface area contributed by atoms with Crippen LogP contribution in [0.15, 0.2) is 36.5 Å². The number of esters is 1. The van der Waals surface area contributed by atoms with Crippen molar-refractivity contribution in [3.8, 4) is 0 Å². The molecule has 0 spiro atoms. The first-order chi connectivity index (χ1) is 34.9. The molecule has 0 aromatic carbocycles. The topological polar surface area (TPSA) is 114 Å². The van der Waals surface area contributed by atoms with Crippen LogP contribution in [0.5, 0.6) is 0 Å². The third-order valence-electron chi connectivity index (χ3n) is 13.8. The zero-order valence-electron chi connectivity index (χ0n) is 48.4. The third kappa shape index (κ3) is 53.1. The van der Waals surface area contributed by atoms with Gasteiger partial charge in [0.05, 0.1) is 33.8 Å². The van der Waals surface area contributed by atoms with Gasteiger partial charge < -0.3 is 28.5 Å². The second kappa shape index (κ2) is 52.7. The molecule has 0 aliphatic carbocycles. The van der Waals surface area contributed by atoms with Gasteiger partial charge in [-0.05, 0) is 83.1 Å². The zero-order valence-corrected chi connectivity index (χ0v) is 49.3. The number of hydrogen-bond donors (Lipinski definition) is 1. The fourth-order valence-electron chi connectivity index (χ4n) is 8.98. The summed E-state index contributed by atoms with van der Waals surface area (Å²) in [5.74, 6) is -0.551. The molecule has 0 radical (unpaired) electrons. The smallest absolute Gasteiger partial charge is 0.306 e. The summed E-state index contributed by atoms with van der Waals surface area (Å²) in [6.45, 7) is 6.84. The summed E-state index contributed by atoms with van der Waals surface area (Å²) in [5, 5.41) is 3.02. The van der Waals surface area contributed by atoms with Crippen molar-refractivity contribution in [2.75, 3.05) is 40.9 Å². The van der Waals surface area contributed by atoms with Gasteiger partial charge in [-0.2, -0.15) is 0 Å². The van der Waals surface area contributed by atoms with Gasteiger partial charge in [0.2, 0.25) is 5.91 Å². The first kappa shape index (κ1) is 70.2. The number of hydrogen-bond acceptors (Lipinski definition) is 7. The molecule has 0 aliphatic rings. The molecule has 10 heteroatoms. The highest BCUT2D eigenvalue weighted by Crippen LogP contribution is 2.38. The standard InChI is InChI=1S/C62H119N2O7P/c1-7-10-13-16-19-22-25-27-29-30-31-32-33-34-35-36-39-42-45-48-51-54-61(65)63-59(58-70-72(67,68)69-57-56-64(4,5)6)60(53-50-47-44-41-38-24-21-18-15-12-9-3)71-62(66)55-52-49-46-43-40-37-28-26-23-20-17-14-11-8-2/h27,29,37,40,50,53,59-60H,7-26,28,30-36,38-39,41-49,51-52,54-58H2,1-6H3,(H-,63,65,67,68)/b29-27+,40-37-,53-50-. The largest absolute Gasteiger partial charge is 0.756 e. The van der Waals surface area contributed by atoms with Gasteiger partial charge in [0, 0.05) is 12.8 Å². The quantitative estimate of drug-likeness (QED) is 0.0212. The Morgan fingerprint density at radius 3 is 1.19 bits per heavy atom. The van der Waals surface area contributed by atoms with Crippen LogP contribution in [0.2, 0.25) is 0 Å². The normalized spacial score (nSPS) is 13.9. The monoisotopic (exact) mass is 1030 g/mol. The van der Waals surface area contributed by atoms with E-state index in [1.807, 2.05) is 33.3 Å². The Labute approximate surface area is 446 Å². The van der Waals surface area contributed by atoms with Crippen LogP contribution in [0.25, 0.3) is 0 Å². The highest BCUT2D eigenvalue weighted by molar-refractivity contribution is 7.45. The predicted molar refractivity (Wildman–Crippen MR) is 307 cm³/mol. The molecule has 1 N–H and O–H groups in total. The molecule has 9 nitrogen and oxygen atoms in total. The number of likely N-dealkylation sites (N-methyl/N-ethyl adjacent to an activating group) is 1. The minimum absolute atomic E-state index is 0.0230. The number of nitrogens with zero attached hydrogens (tertiary/aromatic N) is 1. The van der Waals surface area contributed by atoms with Crippen molar-refractivity contribution in [1.82, 2.24) is 5.32 Å². The van der Waals surface area contributed by atoms with Crippen LogP contribution >= 0.6 is 7.82 Å². The molecule has 0 aliphatic heterocycles. The highest BCUT2D eigenvalue weighted by Gasteiger charge is 2.27. The summed E-state index contributed by atoms with van der Waals surface area (Å²) in [5.41, 5.74) is 0. The van der Waals surface area contributed by atoms with Crippen molar-refractivity contribution in [3.05, 3.63) is 36.5 Å². The predicted octanol–water partition coefficient (Wildman–Crippen LogP) is 18.1. The summed E-state index contributed by atoms with van der Waals surface area (Å²) in [7, 11) is 1.19. The summed E-state index contributed by atoms with van der Waals surface area (Å²) >= 11 is 0. The molecular formula is C62H119N2O7P. The first-order valence-electron chi connectivity index (χ1n) is 30.8. The number of quaternary nitrogens is 1. The number of phosphoric acid groups is 1. The number of ether oxygens (including phenoxy) is 1. The van der Waals surface area contributed by atoms with E-state index in [2.05, 4.69) is 50.4 Å². The molecule has 0 fully saturated rings. The number of amides is 1. The van der Waals surface area contributed by atoms with Gasteiger partial charge in [-0.25, -0.2) is 0 Å². The van der Waals surface area contributed by atoms with E-state index in [1.165, 1.54) is 193 Å². The Hall–Kier alpha value is -1.77. The summed E-state index contributed by atoms with van der Waals surface area (Å²) in [6, 6.07) is -0.891. The number of phosphoric ester groups is 1. The van der Waals surface area contributed by atoms with E-state index in [0.29, 0.717) is 23.9 Å². The molecular weight excluding hydrogens is 916 g/mol. The van der Waals surface area contributed by atoms with Crippen LogP contribution in [0, 0.1) is 0 Å². The van der Waals surface area contributed by atoms with E-state index in [4.69, 9.17) is 13.8 Å². The van der Waals surface area contributed by atoms with E-state index in [9.17, 15) is 19.0 Å². The molecule has 3 unspecified atom stereocenters. The van der Waals surface area contributed by atoms with E-state index in [0.717, 1.165) is 64.2 Å². The van der Waals surface area contributed by atoms with Gasteiger partial charge in [-0.1, -0.05) is 237 Å². The van der Waals surface area contributed by atoms with Crippen LogP contribution in [-0.4, -0.2) is 69.4 Å². The number of unbranched alkanes of at least 4 members (excludes halogenated alkanes) is 36. The van der Waals surface area contributed by atoms with Crippen LogP contribution < -0.4 is 10.2 Å². The number of carbonyl (C=O) groups excluding carboxylic acids is 2. The van der Waals surface area contributed by atoms with Crippen molar-refractivity contribution in [2.24, 2.45) is 0 Å². The van der Waals surface area contributed by atoms with E-state index in [1.54, 1.807) is 0 Å². The second-order valence-corrected chi connectivity index (χ2v) is 23.6. The first-order valence-corrected chi connectivity index (χ1v) is 32.3. The van der Waals surface area contributed by atoms with E-state index in [-0.39, 0.29) is 24.9 Å². The lowest BCUT2D eigenvalue weighted by Crippen LogP contribution is -2.47. The number of nitrogens with one attached hydrogen (secondary N) is 1. The van der Waals surface area contributed by atoms with Crippen LogP contribution in [0.3, 0.4) is 0 Å². The Kier molecular flexibility index (Phi) is 51.4. The molecule has 424 valence electrons. The Morgan fingerprint density at radius 2 is 0.806 bits per heavy atom. The van der Waals surface area contributed by atoms with Crippen molar-refractivity contribution in [1.29, 1.82) is 0 Å². The molecule has 1 amide bonds. The fourth-order valence-corrected chi connectivity index (χ4v) is 9.71. The number of rotatable bonds is 56. The molecule has 0 bridgehead atoms. The number of carbonyl (C=O) groups is 2. The minimum Gasteiger partial charge on any atom is -0.756 e. The van der Waals surface area contributed by atoms with Gasteiger partial charge in [0.25, 0.3) is 7.82 Å². The third-order valence-corrected chi connectivity index (χ3v) is 14.8. The molecule has 0 aromatic rings. The lowest BCUT2D eigenvalue weighted by molar-refractivity contribution is -0.870. The minimum atomic E-state index is -4.69. The lowest BCUT2D eigenvalue weighted by atomic mass is 10.0. The average molecular weight is 1040 g/mol. The van der Waals surface area contributed by atoms with Gasteiger partial charge in [-0.15, -0.1) is 0 Å². The number of allylic oxidation sites excluding steroid dienone is 5. The Morgan fingerprint density at radius 1 is 0.472 bits per heavy atom. The van der Waals surface area contributed by atoms with E-state index >= 15 is 0 Å². The SMILES string of the molecule is CCCCCCCC/C=C/CCCCCCCCCCCCCC(=O)NC(COP(=O)([O-])OCC[N+](C)(C)C)C(/C=C\CCCCCCCCCCC)OC(=O)CCCCC/C=C\CCCCCCCCC. The summed E-state index contributed by atoms with van der Waals surface area (Å²) in [6.07, 6.45) is 62.6. The van der Waals surface area contributed by atoms with Gasteiger partial charge in [0.15, 0.2) is 0 Å². The molecule has 3 atom stereocenters. The van der Waals surface area contributed by atoms with Crippen molar-refractivity contribution in [2.45, 2.75) is 309 Å². The molecule has 0 saturated heterocycles. The summed E-state index contributed by atoms with van der Waals surface area (Å²) in [4.78, 5) is 39.9. The fraction of sp³-hybridized carbons (Fsp3) is 0.871. The summed E-state index contributed by atoms with van der Waals surface area (Å²) < 4.78 is 30.3. The second-order valence-electron chi connectivity index (χ2n) is 22.2. The van der Waals surface area contributed by atoms with Gasteiger partial charge in [-0.3, -0.25) is 14.2 Å².